The van der Waals surface area contributed by atoms with Gasteiger partial charge in [0.1, 0.15) is 0 Å². The van der Waals surface area contributed by atoms with Crippen LogP contribution < -0.4 is 10.6 Å². The molecule has 1 amide bonds. The Morgan fingerprint density at radius 2 is 1.97 bits per heavy atom. The maximum absolute atomic E-state index is 12.5. The van der Waals surface area contributed by atoms with Crippen molar-refractivity contribution < 1.29 is 4.79 Å². The number of amides is 1. The van der Waals surface area contributed by atoms with Crippen molar-refractivity contribution in [2.45, 2.75) is 46.3 Å². The molecular formula is C24H25N5O. The summed E-state index contributed by atoms with van der Waals surface area (Å²) in [6, 6.07) is 14.5. The molecule has 1 aliphatic rings. The summed E-state index contributed by atoms with van der Waals surface area (Å²) in [6.45, 7) is 6.48. The van der Waals surface area contributed by atoms with Gasteiger partial charge in [-0.3, -0.25) is 4.79 Å². The predicted molar refractivity (Wildman–Crippen MR) is 117 cm³/mol. The first-order chi connectivity index (χ1) is 14.6. The van der Waals surface area contributed by atoms with E-state index in [0.29, 0.717) is 19.4 Å². The van der Waals surface area contributed by atoms with Crippen LogP contribution in [0.5, 0.6) is 0 Å². The van der Waals surface area contributed by atoms with Crippen molar-refractivity contribution in [3.05, 3.63) is 76.1 Å². The van der Waals surface area contributed by atoms with E-state index in [0.717, 1.165) is 52.2 Å². The van der Waals surface area contributed by atoms with Crippen molar-refractivity contribution in [2.24, 2.45) is 0 Å². The van der Waals surface area contributed by atoms with Crippen LogP contribution in [-0.4, -0.2) is 20.5 Å². The second kappa shape index (κ2) is 7.54. The van der Waals surface area contributed by atoms with Crippen LogP contribution in [0.15, 0.2) is 42.5 Å². The van der Waals surface area contributed by atoms with E-state index in [-0.39, 0.29) is 5.91 Å². The number of rotatable bonds is 5. The van der Waals surface area contributed by atoms with Gasteiger partial charge in [0.25, 0.3) is 0 Å². The Morgan fingerprint density at radius 1 is 1.13 bits per heavy atom. The van der Waals surface area contributed by atoms with Crippen molar-refractivity contribution in [3.63, 3.8) is 0 Å². The number of hydrogen-bond donors (Lipinski definition) is 2. The Morgan fingerprint density at radius 3 is 2.87 bits per heavy atom. The average Bonchev–Trinajstić information content (AvgIpc) is 3.36. The lowest BCUT2D eigenvalue weighted by Gasteiger charge is -2.11. The van der Waals surface area contributed by atoms with Gasteiger partial charge in [0.2, 0.25) is 5.91 Å². The van der Waals surface area contributed by atoms with Crippen LogP contribution in [0.4, 0.5) is 0 Å². The molecule has 2 N–H and O–H groups in total. The molecule has 0 radical (unpaired) electrons. The van der Waals surface area contributed by atoms with Gasteiger partial charge < -0.3 is 10.6 Å². The van der Waals surface area contributed by atoms with Crippen molar-refractivity contribution in [1.29, 1.82) is 0 Å². The van der Waals surface area contributed by atoms with Crippen molar-refractivity contribution in [3.8, 4) is 0 Å². The van der Waals surface area contributed by atoms with E-state index in [1.807, 2.05) is 35.7 Å². The third-order valence-electron chi connectivity index (χ3n) is 6.01. The Bertz CT molecular complexity index is 1270. The number of aryl methyl sites for hydroxylation is 2. The molecule has 3 heterocycles. The first kappa shape index (κ1) is 18.8. The van der Waals surface area contributed by atoms with Gasteiger partial charge in [-0.2, -0.15) is 5.10 Å². The summed E-state index contributed by atoms with van der Waals surface area (Å²) < 4.78 is 1.91. The van der Waals surface area contributed by atoms with Gasteiger partial charge in [0.15, 0.2) is 5.65 Å². The standard InChI is InChI=1S/C24H25N5O/c1-15-20(16(2)29-24(27-15)21-5-3-4-6-22(21)28-29)9-10-23(30)26-12-17-7-8-18-13-25-14-19(18)11-17/h3-8,11,25H,9-10,12-14H2,1-2H3,(H,26,30). The SMILES string of the molecule is Cc1nc2c3ccccc3nn2c(C)c1CCC(=O)NCc1ccc2c(c1)CNC2. The zero-order valence-corrected chi connectivity index (χ0v) is 17.3. The van der Waals surface area contributed by atoms with Crippen molar-refractivity contribution in [1.82, 2.24) is 25.2 Å². The van der Waals surface area contributed by atoms with Crippen LogP contribution in [0.2, 0.25) is 0 Å². The molecule has 5 rings (SSSR count). The van der Waals surface area contributed by atoms with Gasteiger partial charge in [-0.05, 0) is 54.7 Å². The van der Waals surface area contributed by atoms with Gasteiger partial charge in [-0.1, -0.05) is 30.3 Å². The quantitative estimate of drug-likeness (QED) is 0.540. The molecule has 6 nitrogen and oxygen atoms in total. The molecule has 30 heavy (non-hydrogen) atoms. The number of aromatic nitrogens is 3. The Balaban J connectivity index is 1.28. The van der Waals surface area contributed by atoms with E-state index < -0.39 is 0 Å². The first-order valence-corrected chi connectivity index (χ1v) is 10.4. The third-order valence-corrected chi connectivity index (χ3v) is 6.01. The Hall–Kier alpha value is -3.25. The lowest BCUT2D eigenvalue weighted by Crippen LogP contribution is -2.23. The van der Waals surface area contributed by atoms with Crippen molar-refractivity contribution in [2.75, 3.05) is 0 Å². The van der Waals surface area contributed by atoms with E-state index in [9.17, 15) is 4.79 Å². The van der Waals surface area contributed by atoms with E-state index in [1.54, 1.807) is 0 Å². The monoisotopic (exact) mass is 399 g/mol. The van der Waals surface area contributed by atoms with Gasteiger partial charge in [0.05, 0.1) is 5.52 Å². The molecule has 0 unspecified atom stereocenters. The molecule has 0 saturated carbocycles. The summed E-state index contributed by atoms with van der Waals surface area (Å²) in [4.78, 5) is 17.3. The summed E-state index contributed by atoms with van der Waals surface area (Å²) in [7, 11) is 0. The first-order valence-electron chi connectivity index (χ1n) is 10.4. The smallest absolute Gasteiger partial charge is 0.220 e. The number of hydrogen-bond acceptors (Lipinski definition) is 4. The van der Waals surface area contributed by atoms with Crippen LogP contribution in [-0.2, 0) is 30.8 Å². The zero-order chi connectivity index (χ0) is 20.7. The molecule has 152 valence electrons. The minimum absolute atomic E-state index is 0.0538. The van der Waals surface area contributed by atoms with Gasteiger partial charge in [-0.15, -0.1) is 0 Å². The van der Waals surface area contributed by atoms with Crippen LogP contribution >= 0.6 is 0 Å². The van der Waals surface area contributed by atoms with E-state index in [2.05, 4.69) is 35.8 Å². The van der Waals surface area contributed by atoms with Crippen molar-refractivity contribution >= 4 is 22.5 Å². The largest absolute Gasteiger partial charge is 0.352 e. The summed E-state index contributed by atoms with van der Waals surface area (Å²) in [6.07, 6.45) is 1.08. The fraction of sp³-hybridized carbons (Fsp3) is 0.292. The van der Waals surface area contributed by atoms with E-state index in [4.69, 9.17) is 10.1 Å². The molecule has 2 aromatic heterocycles. The minimum Gasteiger partial charge on any atom is -0.352 e. The molecule has 0 bridgehead atoms. The normalized spacial score (nSPS) is 13.1. The highest BCUT2D eigenvalue weighted by Crippen LogP contribution is 2.23. The minimum atomic E-state index is 0.0538. The van der Waals surface area contributed by atoms with Gasteiger partial charge in [-0.25, -0.2) is 9.50 Å². The number of benzene rings is 2. The molecule has 2 aromatic carbocycles. The maximum atomic E-state index is 12.5. The molecule has 1 aliphatic heterocycles. The molecule has 0 spiro atoms. The topological polar surface area (TPSA) is 71.3 Å². The molecule has 0 saturated heterocycles. The lowest BCUT2D eigenvalue weighted by atomic mass is 10.1. The summed E-state index contributed by atoms with van der Waals surface area (Å²) >= 11 is 0. The molecule has 0 atom stereocenters. The summed E-state index contributed by atoms with van der Waals surface area (Å²) in [5.74, 6) is 0.0538. The third kappa shape index (κ3) is 3.33. The Kier molecular flexibility index (Phi) is 4.71. The summed E-state index contributed by atoms with van der Waals surface area (Å²) in [5, 5.41) is 12.2. The molecule has 0 aliphatic carbocycles. The van der Waals surface area contributed by atoms with Crippen LogP contribution in [0.1, 0.15) is 40.1 Å². The highest BCUT2D eigenvalue weighted by Gasteiger charge is 2.15. The number of fused-ring (bicyclic) bond motifs is 4. The Labute approximate surface area is 175 Å². The molecule has 0 fully saturated rings. The second-order valence-electron chi connectivity index (χ2n) is 8.00. The number of nitrogens with zero attached hydrogens (tertiary/aromatic N) is 3. The second-order valence-corrected chi connectivity index (χ2v) is 8.00. The number of carbonyl (C=O) groups excluding carboxylic acids is 1. The fourth-order valence-electron chi connectivity index (χ4n) is 4.32. The summed E-state index contributed by atoms with van der Waals surface area (Å²) in [5.41, 5.74) is 8.74. The molecule has 4 aromatic rings. The van der Waals surface area contributed by atoms with E-state index >= 15 is 0 Å². The lowest BCUT2D eigenvalue weighted by molar-refractivity contribution is -0.121. The zero-order valence-electron chi connectivity index (χ0n) is 17.3. The van der Waals surface area contributed by atoms with Crippen LogP contribution in [0.25, 0.3) is 16.6 Å². The fourth-order valence-corrected chi connectivity index (χ4v) is 4.32. The van der Waals surface area contributed by atoms with Gasteiger partial charge in [0, 0.05) is 42.8 Å². The van der Waals surface area contributed by atoms with Crippen LogP contribution in [0.3, 0.4) is 0 Å². The van der Waals surface area contributed by atoms with Gasteiger partial charge >= 0.3 is 0 Å². The average molecular weight is 399 g/mol. The maximum Gasteiger partial charge on any atom is 0.220 e. The number of carbonyl (C=O) groups is 1. The molecular weight excluding hydrogens is 374 g/mol. The highest BCUT2D eigenvalue weighted by atomic mass is 16.1. The van der Waals surface area contributed by atoms with E-state index in [1.165, 1.54) is 11.1 Å². The number of nitrogens with one attached hydrogen (secondary N) is 2. The predicted octanol–water partition coefficient (Wildman–Crippen LogP) is 3.35. The van der Waals surface area contributed by atoms with Crippen LogP contribution in [0, 0.1) is 13.8 Å². The molecule has 6 heteroatoms. The highest BCUT2D eigenvalue weighted by molar-refractivity contribution is 5.92.